The van der Waals surface area contributed by atoms with Gasteiger partial charge in [0.2, 0.25) is 0 Å². The average Bonchev–Trinajstić information content (AvgIpc) is 2.91. The van der Waals surface area contributed by atoms with Gasteiger partial charge in [0, 0.05) is 6.04 Å². The molecular weight excluding hydrogens is 279 g/mol. The van der Waals surface area contributed by atoms with Gasteiger partial charge in [-0.05, 0) is 57.1 Å². The molecule has 0 amide bonds. The maximum atomic E-state index is 6.33. The molecule has 0 spiro atoms. The summed E-state index contributed by atoms with van der Waals surface area (Å²) in [4.78, 5) is 2.53. The Hall–Kier alpha value is -0.280. The van der Waals surface area contributed by atoms with E-state index in [1.807, 2.05) is 12.1 Å². The number of halogens is 2. The second kappa shape index (κ2) is 7.49. The maximum absolute atomic E-state index is 6.33. The number of rotatable bonds is 6. The monoisotopic (exact) mass is 300 g/mol. The summed E-state index contributed by atoms with van der Waals surface area (Å²) in [5, 5.41) is 4.85. The quantitative estimate of drug-likeness (QED) is 0.850. The lowest BCUT2D eigenvalue weighted by Gasteiger charge is -2.23. The van der Waals surface area contributed by atoms with Crippen molar-refractivity contribution in [3.63, 3.8) is 0 Å². The van der Waals surface area contributed by atoms with E-state index in [2.05, 4.69) is 23.2 Å². The molecule has 2 rings (SSSR count). The minimum atomic E-state index is 0.289. The van der Waals surface area contributed by atoms with Gasteiger partial charge in [-0.15, -0.1) is 0 Å². The first-order chi connectivity index (χ1) is 9.22. The van der Waals surface area contributed by atoms with Crippen molar-refractivity contribution in [2.24, 2.45) is 0 Å². The molecule has 19 heavy (non-hydrogen) atoms. The lowest BCUT2D eigenvalue weighted by atomic mass is 10.0. The Bertz CT molecular complexity index is 403. The van der Waals surface area contributed by atoms with Crippen LogP contribution < -0.4 is 5.32 Å². The van der Waals surface area contributed by atoms with E-state index in [9.17, 15) is 0 Å². The molecule has 1 unspecified atom stereocenters. The van der Waals surface area contributed by atoms with E-state index in [1.54, 1.807) is 0 Å². The van der Waals surface area contributed by atoms with Gasteiger partial charge in [0.1, 0.15) is 0 Å². The van der Waals surface area contributed by atoms with E-state index in [0.717, 1.165) is 25.1 Å². The minimum absolute atomic E-state index is 0.289. The van der Waals surface area contributed by atoms with Gasteiger partial charge in [-0.3, -0.25) is 0 Å². The van der Waals surface area contributed by atoms with Gasteiger partial charge >= 0.3 is 0 Å². The van der Waals surface area contributed by atoms with Crippen LogP contribution in [0.3, 0.4) is 0 Å². The van der Waals surface area contributed by atoms with Gasteiger partial charge in [0.25, 0.3) is 0 Å². The van der Waals surface area contributed by atoms with Crippen molar-refractivity contribution in [3.05, 3.63) is 33.8 Å². The summed E-state index contributed by atoms with van der Waals surface area (Å²) in [5.41, 5.74) is 1.12. The number of nitrogens with zero attached hydrogens (tertiary/aromatic N) is 1. The molecule has 1 aliphatic heterocycles. The van der Waals surface area contributed by atoms with Crippen LogP contribution in [0.4, 0.5) is 0 Å². The Kier molecular flexibility index (Phi) is 5.96. The molecule has 1 N–H and O–H groups in total. The molecule has 0 bridgehead atoms. The summed E-state index contributed by atoms with van der Waals surface area (Å²) < 4.78 is 0. The average molecular weight is 301 g/mol. The number of hydrogen-bond acceptors (Lipinski definition) is 2. The Morgan fingerprint density at radius 3 is 2.68 bits per heavy atom. The zero-order valence-corrected chi connectivity index (χ0v) is 13.0. The smallest absolute Gasteiger partial charge is 0.0640 e. The predicted octanol–water partition coefficient (Wildman–Crippen LogP) is 4.13. The normalized spacial score (nSPS) is 17.8. The Morgan fingerprint density at radius 2 is 2.00 bits per heavy atom. The molecule has 106 valence electrons. The molecule has 1 aromatic rings. The number of likely N-dealkylation sites (tertiary alicyclic amines) is 1. The van der Waals surface area contributed by atoms with Crippen molar-refractivity contribution >= 4 is 23.2 Å². The largest absolute Gasteiger partial charge is 0.310 e. The highest BCUT2D eigenvalue weighted by atomic mass is 35.5. The van der Waals surface area contributed by atoms with Crippen molar-refractivity contribution in [2.45, 2.75) is 32.2 Å². The van der Waals surface area contributed by atoms with Gasteiger partial charge < -0.3 is 10.2 Å². The summed E-state index contributed by atoms with van der Waals surface area (Å²) in [7, 11) is 0. The summed E-state index contributed by atoms with van der Waals surface area (Å²) in [6, 6.07) is 6.18. The van der Waals surface area contributed by atoms with Crippen molar-refractivity contribution in [1.29, 1.82) is 0 Å². The SMILES string of the molecule is CCNC(CCN1CCCC1)c1cccc(Cl)c1Cl. The molecule has 1 saturated heterocycles. The van der Waals surface area contributed by atoms with Gasteiger partial charge in [0.15, 0.2) is 0 Å². The molecule has 0 aliphatic carbocycles. The summed E-state index contributed by atoms with van der Waals surface area (Å²) in [5.74, 6) is 0. The van der Waals surface area contributed by atoms with Gasteiger partial charge in [0.05, 0.1) is 10.0 Å². The highest BCUT2D eigenvalue weighted by Crippen LogP contribution is 2.31. The highest BCUT2D eigenvalue weighted by molar-refractivity contribution is 6.42. The molecule has 0 aromatic heterocycles. The first-order valence-electron chi connectivity index (χ1n) is 7.12. The van der Waals surface area contributed by atoms with E-state index in [1.165, 1.54) is 25.9 Å². The molecule has 0 radical (unpaired) electrons. The zero-order valence-electron chi connectivity index (χ0n) is 11.5. The van der Waals surface area contributed by atoms with E-state index in [-0.39, 0.29) is 6.04 Å². The Morgan fingerprint density at radius 1 is 1.26 bits per heavy atom. The first-order valence-corrected chi connectivity index (χ1v) is 7.87. The van der Waals surface area contributed by atoms with Crippen LogP contribution >= 0.6 is 23.2 Å². The van der Waals surface area contributed by atoms with Crippen LogP contribution in [-0.2, 0) is 0 Å². The van der Waals surface area contributed by atoms with Crippen LogP contribution in [0.15, 0.2) is 18.2 Å². The third-order valence-corrected chi connectivity index (χ3v) is 4.57. The fraction of sp³-hybridized carbons (Fsp3) is 0.600. The molecule has 4 heteroatoms. The third kappa shape index (κ3) is 4.09. The lowest BCUT2D eigenvalue weighted by Crippen LogP contribution is -2.28. The minimum Gasteiger partial charge on any atom is -0.310 e. The molecule has 0 saturated carbocycles. The standard InChI is InChI=1S/C15H22Cl2N2/c1-2-18-14(8-11-19-9-3-4-10-19)12-6-5-7-13(16)15(12)17/h5-7,14,18H,2-4,8-11H2,1H3. The molecule has 1 aliphatic rings. The number of hydrogen-bond donors (Lipinski definition) is 1. The van der Waals surface area contributed by atoms with E-state index in [0.29, 0.717) is 10.0 Å². The zero-order chi connectivity index (χ0) is 13.7. The van der Waals surface area contributed by atoms with Crippen LogP contribution in [0.2, 0.25) is 10.0 Å². The van der Waals surface area contributed by atoms with Crippen LogP contribution in [-0.4, -0.2) is 31.1 Å². The first kappa shape index (κ1) is 15.1. The van der Waals surface area contributed by atoms with Crippen molar-refractivity contribution in [1.82, 2.24) is 10.2 Å². The fourth-order valence-electron chi connectivity index (χ4n) is 2.72. The predicted molar refractivity (Wildman–Crippen MR) is 83.2 cm³/mol. The van der Waals surface area contributed by atoms with Gasteiger partial charge in [-0.25, -0.2) is 0 Å². The van der Waals surface area contributed by atoms with Crippen LogP contribution in [0.5, 0.6) is 0 Å². The fourth-order valence-corrected chi connectivity index (χ4v) is 3.16. The van der Waals surface area contributed by atoms with Crippen molar-refractivity contribution in [2.75, 3.05) is 26.2 Å². The summed E-state index contributed by atoms with van der Waals surface area (Å²) in [6.07, 6.45) is 3.75. The number of nitrogens with one attached hydrogen (secondary N) is 1. The lowest BCUT2D eigenvalue weighted by molar-refractivity contribution is 0.311. The second-order valence-corrected chi connectivity index (χ2v) is 5.88. The Labute approximate surface area is 126 Å². The van der Waals surface area contributed by atoms with E-state index >= 15 is 0 Å². The second-order valence-electron chi connectivity index (χ2n) is 5.09. The van der Waals surface area contributed by atoms with E-state index < -0.39 is 0 Å². The summed E-state index contributed by atoms with van der Waals surface area (Å²) >= 11 is 12.4. The highest BCUT2D eigenvalue weighted by Gasteiger charge is 2.18. The Balaban J connectivity index is 2.03. The third-order valence-electron chi connectivity index (χ3n) is 3.74. The maximum Gasteiger partial charge on any atom is 0.0640 e. The summed E-state index contributed by atoms with van der Waals surface area (Å²) in [6.45, 7) is 6.67. The molecule has 1 heterocycles. The molecular formula is C15H22Cl2N2. The van der Waals surface area contributed by atoms with E-state index in [4.69, 9.17) is 23.2 Å². The molecule has 2 nitrogen and oxygen atoms in total. The molecule has 1 atom stereocenters. The van der Waals surface area contributed by atoms with Crippen LogP contribution in [0.25, 0.3) is 0 Å². The van der Waals surface area contributed by atoms with Crippen LogP contribution in [0, 0.1) is 0 Å². The molecule has 1 aromatic carbocycles. The van der Waals surface area contributed by atoms with Crippen molar-refractivity contribution in [3.8, 4) is 0 Å². The van der Waals surface area contributed by atoms with Gasteiger partial charge in [-0.1, -0.05) is 42.3 Å². The van der Waals surface area contributed by atoms with Crippen LogP contribution in [0.1, 0.15) is 37.8 Å². The van der Waals surface area contributed by atoms with Gasteiger partial charge in [-0.2, -0.15) is 0 Å². The molecule has 1 fully saturated rings. The number of benzene rings is 1. The topological polar surface area (TPSA) is 15.3 Å². The van der Waals surface area contributed by atoms with Crippen molar-refractivity contribution < 1.29 is 0 Å².